The second-order valence-electron chi connectivity index (χ2n) is 5.32. The Bertz CT molecular complexity index is 540. The van der Waals surface area contributed by atoms with Crippen LogP contribution in [-0.4, -0.2) is 11.2 Å². The molecule has 122 valence electrons. The van der Waals surface area contributed by atoms with Gasteiger partial charge in [-0.3, -0.25) is 5.43 Å². The van der Waals surface area contributed by atoms with Crippen LogP contribution >= 0.6 is 0 Å². The summed E-state index contributed by atoms with van der Waals surface area (Å²) >= 11 is 0. The highest BCUT2D eigenvalue weighted by molar-refractivity contribution is 5.60. The molecule has 0 fully saturated rings. The molecule has 1 aromatic heterocycles. The topological polar surface area (TPSA) is 37.3 Å². The molecule has 1 rings (SSSR count). The first-order valence-electron chi connectivity index (χ1n) is 6.93. The van der Waals surface area contributed by atoms with E-state index in [2.05, 4.69) is 16.2 Å². The number of halogens is 4. The highest BCUT2D eigenvalue weighted by Crippen LogP contribution is 2.21. The van der Waals surface area contributed by atoms with Crippen LogP contribution in [0.25, 0.3) is 0 Å². The number of allylic oxidation sites excluding steroid dienone is 2. The van der Waals surface area contributed by atoms with Gasteiger partial charge in [-0.15, -0.1) is 0 Å². The molecule has 22 heavy (non-hydrogen) atoms. The van der Waals surface area contributed by atoms with E-state index in [1.807, 2.05) is 26.2 Å². The van der Waals surface area contributed by atoms with Gasteiger partial charge in [0.1, 0.15) is 5.69 Å². The maximum atomic E-state index is 13.3. The smallest absolute Gasteiger partial charge is 0.254 e. The van der Waals surface area contributed by atoms with Gasteiger partial charge in [-0.05, 0) is 39.0 Å². The van der Waals surface area contributed by atoms with Crippen molar-refractivity contribution in [1.82, 2.24) is 4.98 Å². The zero-order valence-electron chi connectivity index (χ0n) is 12.8. The monoisotopic (exact) mass is 317 g/mol. The van der Waals surface area contributed by atoms with Crippen molar-refractivity contribution in [3.05, 3.63) is 35.2 Å². The highest BCUT2D eigenvalue weighted by Gasteiger charge is 2.20. The number of aromatic nitrogens is 1. The highest BCUT2D eigenvalue weighted by atomic mass is 19.2. The summed E-state index contributed by atoms with van der Waals surface area (Å²) < 4.78 is 52.3. The molecule has 0 spiro atoms. The predicted octanol–water partition coefficient (Wildman–Crippen LogP) is 4.81. The fraction of sp³-hybridized carbons (Fsp3) is 0.467. The summed E-state index contributed by atoms with van der Waals surface area (Å²) in [5, 5.41) is 3.60. The minimum atomic E-state index is -1.72. The van der Waals surface area contributed by atoms with Crippen LogP contribution in [0.15, 0.2) is 16.8 Å². The molecular formula is C15H19F4N3. The molecule has 3 nitrogen and oxygen atoms in total. The average Bonchev–Trinajstić information content (AvgIpc) is 2.44. The van der Waals surface area contributed by atoms with E-state index >= 15 is 0 Å². The molecule has 1 aromatic rings. The number of pyridine rings is 1. The van der Waals surface area contributed by atoms with E-state index in [1.165, 1.54) is 11.8 Å². The fourth-order valence-electron chi connectivity index (χ4n) is 1.70. The van der Waals surface area contributed by atoms with Crippen LogP contribution in [0.5, 0.6) is 0 Å². The first kappa shape index (κ1) is 18.1. The second kappa shape index (κ2) is 8.51. The lowest BCUT2D eigenvalue weighted by Gasteiger charge is -2.07. The summed E-state index contributed by atoms with van der Waals surface area (Å²) in [5.74, 6) is -6.32. The molecule has 0 aliphatic carbocycles. The van der Waals surface area contributed by atoms with Gasteiger partial charge in [0.15, 0.2) is 0 Å². The molecule has 0 saturated carbocycles. The third-order valence-corrected chi connectivity index (χ3v) is 2.99. The molecule has 0 saturated heterocycles. The molecule has 7 heteroatoms. The Morgan fingerprint density at radius 1 is 1.18 bits per heavy atom. The SMILES string of the molecule is CC(C)=CCC[C@H](C)C/C=N\Nc1c(F)c(F)nc(F)c1F. The van der Waals surface area contributed by atoms with Crippen molar-refractivity contribution in [2.75, 3.05) is 5.43 Å². The first-order chi connectivity index (χ1) is 10.3. The van der Waals surface area contributed by atoms with E-state index in [0.717, 1.165) is 12.8 Å². The minimum absolute atomic E-state index is 0.321. The number of hydrogen-bond acceptors (Lipinski definition) is 3. The molecule has 1 heterocycles. The standard InChI is InChI=1S/C15H19F4N3/c1-9(2)5-4-6-10(3)7-8-20-22-13-11(16)14(18)21-15(19)12(13)17/h5,8,10H,4,6-7H2,1-3H3,(H,21,22)/b20-8-/t10-/m0/s1. The Morgan fingerprint density at radius 3 is 2.32 bits per heavy atom. The third-order valence-electron chi connectivity index (χ3n) is 2.99. The summed E-state index contributed by atoms with van der Waals surface area (Å²) in [6, 6.07) is 0. The van der Waals surface area contributed by atoms with Crippen molar-refractivity contribution in [2.24, 2.45) is 11.0 Å². The van der Waals surface area contributed by atoms with Gasteiger partial charge in [-0.25, -0.2) is 0 Å². The van der Waals surface area contributed by atoms with Gasteiger partial charge in [0.05, 0.1) is 0 Å². The molecule has 0 aliphatic heterocycles. The van der Waals surface area contributed by atoms with E-state index in [1.54, 1.807) is 0 Å². The molecule has 0 radical (unpaired) electrons. The normalized spacial score (nSPS) is 12.5. The number of rotatable bonds is 7. The summed E-state index contributed by atoms with van der Waals surface area (Å²) in [5.41, 5.74) is 2.24. The lowest BCUT2D eigenvalue weighted by molar-refractivity contribution is 0.411. The van der Waals surface area contributed by atoms with Crippen LogP contribution in [0, 0.1) is 29.4 Å². The van der Waals surface area contributed by atoms with Crippen molar-refractivity contribution in [3.63, 3.8) is 0 Å². The average molecular weight is 317 g/mol. The van der Waals surface area contributed by atoms with Crippen LogP contribution in [0.2, 0.25) is 0 Å². The Morgan fingerprint density at radius 2 is 1.77 bits per heavy atom. The zero-order valence-corrected chi connectivity index (χ0v) is 12.8. The number of anilines is 1. The maximum Gasteiger partial charge on any atom is 0.254 e. The second-order valence-corrected chi connectivity index (χ2v) is 5.32. The van der Waals surface area contributed by atoms with Crippen LogP contribution in [0.4, 0.5) is 23.2 Å². The molecule has 1 N–H and O–H groups in total. The summed E-state index contributed by atoms with van der Waals surface area (Å²) in [6.07, 6.45) is 6.00. The van der Waals surface area contributed by atoms with Crippen LogP contribution in [0.3, 0.4) is 0 Å². The maximum absolute atomic E-state index is 13.3. The zero-order chi connectivity index (χ0) is 16.7. The van der Waals surface area contributed by atoms with Crippen molar-refractivity contribution in [1.29, 1.82) is 0 Å². The van der Waals surface area contributed by atoms with Gasteiger partial charge in [-0.1, -0.05) is 18.6 Å². The third kappa shape index (κ3) is 5.46. The fourth-order valence-corrected chi connectivity index (χ4v) is 1.70. The van der Waals surface area contributed by atoms with Crippen molar-refractivity contribution in [3.8, 4) is 0 Å². The largest absolute Gasteiger partial charge is 0.273 e. The minimum Gasteiger partial charge on any atom is -0.273 e. The Hall–Kier alpha value is -1.92. The lowest BCUT2D eigenvalue weighted by Crippen LogP contribution is -2.06. The molecule has 0 unspecified atom stereocenters. The molecule has 1 atom stereocenters. The van der Waals surface area contributed by atoms with E-state index in [-0.39, 0.29) is 0 Å². The Labute approximate surface area is 127 Å². The van der Waals surface area contributed by atoms with E-state index < -0.39 is 29.2 Å². The molecular weight excluding hydrogens is 298 g/mol. The van der Waals surface area contributed by atoms with Crippen molar-refractivity contribution >= 4 is 11.9 Å². The van der Waals surface area contributed by atoms with Crippen molar-refractivity contribution < 1.29 is 17.6 Å². The van der Waals surface area contributed by atoms with Crippen LogP contribution < -0.4 is 5.43 Å². The first-order valence-corrected chi connectivity index (χ1v) is 6.93. The van der Waals surface area contributed by atoms with Gasteiger partial charge in [0.25, 0.3) is 11.9 Å². The number of hydrogen-bond donors (Lipinski definition) is 1. The molecule has 0 amide bonds. The predicted molar refractivity (Wildman–Crippen MR) is 78.6 cm³/mol. The van der Waals surface area contributed by atoms with Gasteiger partial charge < -0.3 is 0 Å². The number of hydrazone groups is 1. The number of nitrogens with one attached hydrogen (secondary N) is 1. The van der Waals surface area contributed by atoms with Gasteiger partial charge in [0, 0.05) is 6.21 Å². The Kier molecular flexibility index (Phi) is 7.01. The van der Waals surface area contributed by atoms with Gasteiger partial charge in [0.2, 0.25) is 11.6 Å². The summed E-state index contributed by atoms with van der Waals surface area (Å²) in [4.78, 5) is 2.46. The number of nitrogens with zero attached hydrogens (tertiary/aromatic N) is 2. The van der Waals surface area contributed by atoms with E-state index in [0.29, 0.717) is 12.3 Å². The molecule has 0 bridgehead atoms. The summed E-state index contributed by atoms with van der Waals surface area (Å²) in [6.45, 7) is 6.05. The van der Waals surface area contributed by atoms with Gasteiger partial charge in [-0.2, -0.15) is 27.6 Å². The molecule has 0 aliphatic rings. The van der Waals surface area contributed by atoms with E-state index in [4.69, 9.17) is 0 Å². The van der Waals surface area contributed by atoms with Crippen molar-refractivity contribution in [2.45, 2.75) is 40.0 Å². The van der Waals surface area contributed by atoms with Crippen LogP contribution in [0.1, 0.15) is 40.0 Å². The summed E-state index contributed by atoms with van der Waals surface area (Å²) in [7, 11) is 0. The molecule has 0 aromatic carbocycles. The van der Waals surface area contributed by atoms with E-state index in [9.17, 15) is 17.6 Å². The van der Waals surface area contributed by atoms with Crippen LogP contribution in [-0.2, 0) is 0 Å². The quantitative estimate of drug-likeness (QED) is 0.258. The Balaban J connectivity index is 2.55. The lowest BCUT2D eigenvalue weighted by atomic mass is 10.0. The van der Waals surface area contributed by atoms with Gasteiger partial charge >= 0.3 is 0 Å².